The molecule has 0 aromatic carbocycles. The van der Waals surface area contributed by atoms with E-state index in [2.05, 4.69) is 36.8 Å². The molecule has 20 heavy (non-hydrogen) atoms. The maximum Gasteiger partial charge on any atom is 0.419 e. The molecule has 0 aliphatic heterocycles. The summed E-state index contributed by atoms with van der Waals surface area (Å²) in [6, 6.07) is 1.13. The molecule has 1 heterocycles. The second kappa shape index (κ2) is 7.64. The van der Waals surface area contributed by atoms with E-state index in [-0.39, 0.29) is 11.9 Å². The van der Waals surface area contributed by atoms with Crippen LogP contribution in [0.15, 0.2) is 16.7 Å². The lowest BCUT2D eigenvalue weighted by molar-refractivity contribution is -0.137. The molecular weight excluding hydrogens is 401 g/mol. The number of hydrogen-bond acceptors (Lipinski definition) is 2. The van der Waals surface area contributed by atoms with Crippen molar-refractivity contribution in [2.45, 2.75) is 38.9 Å². The van der Waals surface area contributed by atoms with Crippen LogP contribution in [-0.2, 0) is 6.18 Å². The number of hydrogen-bond donors (Lipinski definition) is 0. The molecule has 0 spiro atoms. The molecule has 0 saturated carbocycles. The Morgan fingerprint density at radius 2 is 1.90 bits per heavy atom. The minimum absolute atomic E-state index is 0.00819. The van der Waals surface area contributed by atoms with E-state index in [4.69, 9.17) is 0 Å². The van der Waals surface area contributed by atoms with Gasteiger partial charge in [-0.3, -0.25) is 0 Å². The van der Waals surface area contributed by atoms with Crippen molar-refractivity contribution >= 4 is 37.7 Å². The molecule has 0 N–H and O–H groups in total. The third-order valence-electron chi connectivity index (χ3n) is 3.12. The van der Waals surface area contributed by atoms with Crippen LogP contribution in [0, 0.1) is 0 Å². The zero-order valence-corrected chi connectivity index (χ0v) is 14.5. The molecule has 7 heteroatoms. The smallest absolute Gasteiger partial charge is 0.352 e. The van der Waals surface area contributed by atoms with Crippen molar-refractivity contribution in [3.8, 4) is 0 Å². The summed E-state index contributed by atoms with van der Waals surface area (Å²) in [7, 11) is 0. The normalized spacial score (nSPS) is 12.0. The maximum absolute atomic E-state index is 13.2. The van der Waals surface area contributed by atoms with Crippen LogP contribution in [0.3, 0.4) is 0 Å². The Bertz CT molecular complexity index is 434. The van der Waals surface area contributed by atoms with Crippen LogP contribution < -0.4 is 4.90 Å². The van der Waals surface area contributed by atoms with Crippen LogP contribution in [0.2, 0.25) is 0 Å². The summed E-state index contributed by atoms with van der Waals surface area (Å²) in [6.07, 6.45) is -1.45. The predicted molar refractivity (Wildman–Crippen MR) is 82.4 cm³/mol. The fourth-order valence-electron chi connectivity index (χ4n) is 2.15. The first-order valence-electron chi connectivity index (χ1n) is 6.40. The molecular formula is C13H17Br2F3N2. The number of halogens is 5. The number of nitrogens with zero attached hydrogens (tertiary/aromatic N) is 2. The summed E-state index contributed by atoms with van der Waals surface area (Å²) in [4.78, 5) is 5.76. The van der Waals surface area contributed by atoms with Crippen molar-refractivity contribution in [2.75, 3.05) is 16.8 Å². The van der Waals surface area contributed by atoms with Gasteiger partial charge in [0.2, 0.25) is 0 Å². The van der Waals surface area contributed by atoms with Crippen LogP contribution in [0.25, 0.3) is 0 Å². The Hall–Kier alpha value is -0.300. The lowest BCUT2D eigenvalue weighted by atomic mass is 10.1. The van der Waals surface area contributed by atoms with E-state index in [1.807, 2.05) is 13.8 Å². The highest BCUT2D eigenvalue weighted by atomic mass is 79.9. The van der Waals surface area contributed by atoms with E-state index < -0.39 is 11.7 Å². The van der Waals surface area contributed by atoms with Crippen molar-refractivity contribution < 1.29 is 13.2 Å². The van der Waals surface area contributed by atoms with Gasteiger partial charge in [0.05, 0.1) is 5.56 Å². The SMILES string of the molecule is CCC(CC)N(CCBr)c1ncc(Br)cc1C(F)(F)F. The van der Waals surface area contributed by atoms with E-state index in [0.717, 1.165) is 18.9 Å². The molecule has 114 valence electrons. The second-order valence-electron chi connectivity index (χ2n) is 4.38. The summed E-state index contributed by atoms with van der Waals surface area (Å²) < 4.78 is 39.9. The van der Waals surface area contributed by atoms with Crippen LogP contribution >= 0.6 is 31.9 Å². The number of alkyl halides is 4. The molecule has 0 saturated heterocycles. The summed E-state index contributed by atoms with van der Waals surface area (Å²) >= 11 is 6.36. The standard InChI is InChI=1S/C13H17Br2F3N2/c1-3-10(4-2)20(6-5-14)12-11(13(16,17)18)7-9(15)8-19-12/h7-8,10H,3-6H2,1-2H3. The summed E-state index contributed by atoms with van der Waals surface area (Å²) in [5.41, 5.74) is -0.695. The predicted octanol–water partition coefficient (Wildman–Crippen LogP) is 5.25. The Labute approximate surface area is 134 Å². The van der Waals surface area contributed by atoms with Gasteiger partial charge in [-0.15, -0.1) is 0 Å². The maximum atomic E-state index is 13.2. The second-order valence-corrected chi connectivity index (χ2v) is 6.08. The van der Waals surface area contributed by atoms with Crippen molar-refractivity contribution in [2.24, 2.45) is 0 Å². The lowest BCUT2D eigenvalue weighted by Crippen LogP contribution is -2.38. The molecule has 0 unspecified atom stereocenters. The summed E-state index contributed by atoms with van der Waals surface area (Å²) in [5.74, 6) is 0.00819. The Morgan fingerprint density at radius 3 is 2.35 bits per heavy atom. The van der Waals surface area contributed by atoms with Crippen molar-refractivity contribution in [3.05, 3.63) is 22.3 Å². The van der Waals surface area contributed by atoms with Gasteiger partial charge in [0, 0.05) is 28.6 Å². The minimum Gasteiger partial charge on any atom is -0.352 e. The van der Waals surface area contributed by atoms with E-state index in [0.29, 0.717) is 16.3 Å². The molecule has 0 fully saturated rings. The molecule has 1 aromatic heterocycles. The lowest BCUT2D eigenvalue weighted by Gasteiger charge is -2.33. The molecule has 1 rings (SSSR count). The highest BCUT2D eigenvalue weighted by Crippen LogP contribution is 2.37. The fraction of sp³-hybridized carbons (Fsp3) is 0.615. The number of aromatic nitrogens is 1. The van der Waals surface area contributed by atoms with Crippen LogP contribution in [0.1, 0.15) is 32.3 Å². The molecule has 0 bridgehead atoms. The fourth-order valence-corrected chi connectivity index (χ4v) is 2.86. The molecule has 0 aliphatic rings. The van der Waals surface area contributed by atoms with E-state index in [1.165, 1.54) is 6.20 Å². The highest BCUT2D eigenvalue weighted by molar-refractivity contribution is 9.10. The summed E-state index contributed by atoms with van der Waals surface area (Å²) in [5, 5.41) is 0.596. The van der Waals surface area contributed by atoms with Crippen LogP contribution in [-0.4, -0.2) is 22.9 Å². The Morgan fingerprint density at radius 1 is 1.30 bits per heavy atom. The number of rotatable bonds is 6. The van der Waals surface area contributed by atoms with Gasteiger partial charge in [0.1, 0.15) is 5.82 Å². The average Bonchev–Trinajstić information content (AvgIpc) is 2.38. The largest absolute Gasteiger partial charge is 0.419 e. The Kier molecular flexibility index (Phi) is 6.78. The van der Waals surface area contributed by atoms with E-state index >= 15 is 0 Å². The molecule has 0 atom stereocenters. The first-order chi connectivity index (χ1) is 9.35. The molecule has 0 radical (unpaired) electrons. The average molecular weight is 418 g/mol. The van der Waals surface area contributed by atoms with Crippen LogP contribution in [0.4, 0.5) is 19.0 Å². The molecule has 0 aliphatic carbocycles. The van der Waals surface area contributed by atoms with Gasteiger partial charge < -0.3 is 4.90 Å². The van der Waals surface area contributed by atoms with Gasteiger partial charge in [-0.1, -0.05) is 29.8 Å². The Balaban J connectivity index is 3.32. The van der Waals surface area contributed by atoms with E-state index in [9.17, 15) is 13.2 Å². The van der Waals surface area contributed by atoms with Gasteiger partial charge in [-0.25, -0.2) is 4.98 Å². The number of anilines is 1. The minimum atomic E-state index is -4.41. The topological polar surface area (TPSA) is 16.1 Å². The van der Waals surface area contributed by atoms with Crippen molar-refractivity contribution in [1.29, 1.82) is 0 Å². The highest BCUT2D eigenvalue weighted by Gasteiger charge is 2.37. The van der Waals surface area contributed by atoms with Gasteiger partial charge in [0.15, 0.2) is 0 Å². The zero-order chi connectivity index (χ0) is 15.3. The quantitative estimate of drug-likeness (QED) is 0.587. The zero-order valence-electron chi connectivity index (χ0n) is 11.3. The first kappa shape index (κ1) is 17.8. The third kappa shape index (κ3) is 4.35. The van der Waals surface area contributed by atoms with Gasteiger partial charge >= 0.3 is 6.18 Å². The molecule has 1 aromatic rings. The van der Waals surface area contributed by atoms with Crippen molar-refractivity contribution in [3.63, 3.8) is 0 Å². The number of pyridine rings is 1. The monoisotopic (exact) mass is 416 g/mol. The van der Waals surface area contributed by atoms with Crippen LogP contribution in [0.5, 0.6) is 0 Å². The first-order valence-corrected chi connectivity index (χ1v) is 8.31. The van der Waals surface area contributed by atoms with Gasteiger partial charge in [-0.05, 0) is 34.8 Å². The van der Waals surface area contributed by atoms with Crippen molar-refractivity contribution in [1.82, 2.24) is 4.98 Å². The van der Waals surface area contributed by atoms with Gasteiger partial charge in [-0.2, -0.15) is 13.2 Å². The molecule has 0 amide bonds. The summed E-state index contributed by atoms with van der Waals surface area (Å²) in [6.45, 7) is 4.44. The van der Waals surface area contributed by atoms with Gasteiger partial charge in [0.25, 0.3) is 0 Å². The van der Waals surface area contributed by atoms with E-state index in [1.54, 1.807) is 4.90 Å². The third-order valence-corrected chi connectivity index (χ3v) is 3.91. The molecule has 2 nitrogen and oxygen atoms in total.